The molecule has 1 aliphatic carbocycles. The van der Waals surface area contributed by atoms with E-state index < -0.39 is 0 Å². The Bertz CT molecular complexity index is 1020. The molecule has 1 fully saturated rings. The first kappa shape index (κ1) is 15.8. The first-order chi connectivity index (χ1) is 12.8. The lowest BCUT2D eigenvalue weighted by molar-refractivity contribution is 0.0652. The van der Waals surface area contributed by atoms with Gasteiger partial charge in [0.05, 0.1) is 16.8 Å². The van der Waals surface area contributed by atoms with E-state index in [9.17, 15) is 4.79 Å². The largest absolute Gasteiger partial charge is 0.338 e. The number of thiophene rings is 1. The Kier molecular flexibility index (Phi) is 3.86. The first-order valence-electron chi connectivity index (χ1n) is 9.26. The summed E-state index contributed by atoms with van der Waals surface area (Å²) >= 11 is 1.74. The molecule has 0 radical (unpaired) electrons. The number of hydrogen-bond acceptors (Lipinski definition) is 3. The molecule has 1 aromatic carbocycles. The van der Waals surface area contributed by atoms with Gasteiger partial charge < -0.3 is 4.90 Å². The third kappa shape index (κ3) is 2.56. The van der Waals surface area contributed by atoms with Gasteiger partial charge in [-0.05, 0) is 60.4 Å². The molecular formula is C22H20N2OS. The Labute approximate surface area is 157 Å². The molecule has 1 amide bonds. The number of likely N-dealkylation sites (tertiary alicyclic amines) is 1. The van der Waals surface area contributed by atoms with Crippen molar-refractivity contribution in [1.82, 2.24) is 9.88 Å². The van der Waals surface area contributed by atoms with E-state index in [2.05, 4.69) is 23.6 Å². The van der Waals surface area contributed by atoms with E-state index in [1.807, 2.05) is 29.2 Å². The second-order valence-corrected chi connectivity index (χ2v) is 7.99. The molecule has 4 heteroatoms. The zero-order chi connectivity index (χ0) is 17.5. The monoisotopic (exact) mass is 360 g/mol. The number of nitrogens with zero attached hydrogens (tertiary/aromatic N) is 2. The molecule has 0 N–H and O–H groups in total. The second kappa shape index (κ2) is 6.36. The smallest absolute Gasteiger partial charge is 0.254 e. The maximum absolute atomic E-state index is 13.2. The quantitative estimate of drug-likeness (QED) is 0.643. The van der Waals surface area contributed by atoms with Crippen LogP contribution >= 0.6 is 11.3 Å². The number of hydrogen-bond donors (Lipinski definition) is 0. The van der Waals surface area contributed by atoms with Crippen molar-refractivity contribution in [2.24, 2.45) is 0 Å². The molecule has 3 nitrogen and oxygen atoms in total. The van der Waals surface area contributed by atoms with Gasteiger partial charge in [0, 0.05) is 23.4 Å². The molecule has 2 aromatic heterocycles. The highest BCUT2D eigenvalue weighted by atomic mass is 32.1. The highest BCUT2D eigenvalue weighted by Gasteiger charge is 2.29. The fourth-order valence-electron chi connectivity index (χ4n) is 3.94. The van der Waals surface area contributed by atoms with Crippen LogP contribution in [-0.4, -0.2) is 28.9 Å². The second-order valence-electron chi connectivity index (χ2n) is 7.02. The molecule has 0 unspecified atom stereocenters. The summed E-state index contributed by atoms with van der Waals surface area (Å²) in [6, 6.07) is 12.3. The zero-order valence-corrected chi connectivity index (χ0v) is 15.4. The highest BCUT2D eigenvalue weighted by Crippen LogP contribution is 2.37. The van der Waals surface area contributed by atoms with E-state index in [1.165, 1.54) is 10.5 Å². The van der Waals surface area contributed by atoms with Gasteiger partial charge in [-0.2, -0.15) is 0 Å². The van der Waals surface area contributed by atoms with Crippen LogP contribution in [0.15, 0.2) is 41.8 Å². The molecule has 1 saturated heterocycles. The van der Waals surface area contributed by atoms with Crippen LogP contribution in [0.5, 0.6) is 0 Å². The van der Waals surface area contributed by atoms with Gasteiger partial charge in [0.2, 0.25) is 0 Å². The van der Waals surface area contributed by atoms with Crippen molar-refractivity contribution in [3.63, 3.8) is 0 Å². The summed E-state index contributed by atoms with van der Waals surface area (Å²) in [5, 5.41) is 3.10. The minimum Gasteiger partial charge on any atom is -0.338 e. The van der Waals surface area contributed by atoms with Crippen LogP contribution in [0.4, 0.5) is 0 Å². The summed E-state index contributed by atoms with van der Waals surface area (Å²) < 4.78 is 0. The maximum atomic E-state index is 13.2. The molecule has 2 aliphatic rings. The third-order valence-corrected chi connectivity index (χ3v) is 6.21. The Hall–Kier alpha value is -2.46. The molecule has 26 heavy (non-hydrogen) atoms. The van der Waals surface area contributed by atoms with Gasteiger partial charge in [0.25, 0.3) is 5.91 Å². The van der Waals surface area contributed by atoms with Gasteiger partial charge in [0.15, 0.2) is 0 Å². The number of carbonyl (C=O) groups excluding carboxylic acids is 1. The average Bonchev–Trinajstić information content (AvgIpc) is 3.11. The minimum atomic E-state index is 0.184. The fraction of sp³-hybridized carbons (Fsp3) is 0.273. The fourth-order valence-corrected chi connectivity index (χ4v) is 4.62. The third-order valence-electron chi connectivity index (χ3n) is 5.39. The van der Waals surface area contributed by atoms with Gasteiger partial charge in [-0.15, -0.1) is 11.3 Å². The molecule has 3 aromatic rings. The van der Waals surface area contributed by atoms with E-state index in [0.29, 0.717) is 0 Å². The lowest BCUT2D eigenvalue weighted by Crippen LogP contribution is -2.42. The van der Waals surface area contributed by atoms with Crippen LogP contribution in [-0.2, 0) is 6.42 Å². The van der Waals surface area contributed by atoms with Gasteiger partial charge in [0.1, 0.15) is 0 Å². The SMILES string of the molecule is O=C(c1c2c(nc3ccccc13)/C(=C/c1cccs1)CCC2)N1CCC1. The molecular weight excluding hydrogens is 340 g/mol. The number of rotatable bonds is 2. The molecule has 130 valence electrons. The molecule has 0 spiro atoms. The summed E-state index contributed by atoms with van der Waals surface area (Å²) in [5.74, 6) is 0.184. The van der Waals surface area contributed by atoms with Crippen molar-refractivity contribution < 1.29 is 4.79 Å². The summed E-state index contributed by atoms with van der Waals surface area (Å²) in [4.78, 5) is 21.4. The predicted molar refractivity (Wildman–Crippen MR) is 107 cm³/mol. The zero-order valence-electron chi connectivity index (χ0n) is 14.6. The molecule has 1 aliphatic heterocycles. The van der Waals surface area contributed by atoms with E-state index in [4.69, 9.17) is 4.98 Å². The van der Waals surface area contributed by atoms with Gasteiger partial charge in [-0.1, -0.05) is 24.3 Å². The summed E-state index contributed by atoms with van der Waals surface area (Å²) in [7, 11) is 0. The molecule has 3 heterocycles. The van der Waals surface area contributed by atoms with Gasteiger partial charge >= 0.3 is 0 Å². The minimum absolute atomic E-state index is 0.184. The topological polar surface area (TPSA) is 33.2 Å². The number of allylic oxidation sites excluding steroid dienone is 1. The average molecular weight is 360 g/mol. The first-order valence-corrected chi connectivity index (χ1v) is 10.1. The van der Waals surface area contributed by atoms with E-state index in [0.717, 1.165) is 66.5 Å². The number of aromatic nitrogens is 1. The molecule has 0 atom stereocenters. The van der Waals surface area contributed by atoms with Gasteiger partial charge in [-0.25, -0.2) is 4.98 Å². The van der Waals surface area contributed by atoms with Crippen LogP contribution in [0.2, 0.25) is 0 Å². The Morgan fingerprint density at radius 3 is 2.73 bits per heavy atom. The molecule has 0 bridgehead atoms. The Morgan fingerprint density at radius 1 is 1.08 bits per heavy atom. The number of para-hydroxylation sites is 1. The van der Waals surface area contributed by atoms with Crippen molar-refractivity contribution in [3.8, 4) is 0 Å². The summed E-state index contributed by atoms with van der Waals surface area (Å²) in [6.45, 7) is 1.75. The van der Waals surface area contributed by atoms with Crippen LogP contribution in [0.3, 0.4) is 0 Å². The lowest BCUT2D eigenvalue weighted by atomic mass is 9.85. The van der Waals surface area contributed by atoms with Crippen molar-refractivity contribution in [1.29, 1.82) is 0 Å². The van der Waals surface area contributed by atoms with Crippen LogP contribution in [0, 0.1) is 0 Å². The molecule has 0 saturated carbocycles. The van der Waals surface area contributed by atoms with Crippen molar-refractivity contribution in [2.75, 3.05) is 13.1 Å². The van der Waals surface area contributed by atoms with Gasteiger partial charge in [-0.3, -0.25) is 4.79 Å². The van der Waals surface area contributed by atoms with Crippen LogP contribution in [0.1, 0.15) is 45.8 Å². The molecule has 5 rings (SSSR count). The van der Waals surface area contributed by atoms with E-state index >= 15 is 0 Å². The normalized spacial score (nSPS) is 18.0. The summed E-state index contributed by atoms with van der Waals surface area (Å²) in [5.41, 5.74) is 5.26. The van der Waals surface area contributed by atoms with Crippen LogP contribution < -0.4 is 0 Å². The standard InChI is InChI=1S/C22H20N2OS/c25-22(24-11-5-12-24)20-17-8-1-2-10-19(17)23-21-15(6-3-9-18(20)21)14-16-7-4-13-26-16/h1-2,4,7-8,10,13-14H,3,5-6,9,11-12H2/b15-14+. The van der Waals surface area contributed by atoms with Crippen molar-refractivity contribution in [2.45, 2.75) is 25.7 Å². The highest BCUT2D eigenvalue weighted by molar-refractivity contribution is 7.10. The maximum Gasteiger partial charge on any atom is 0.254 e. The van der Waals surface area contributed by atoms with Crippen LogP contribution in [0.25, 0.3) is 22.6 Å². The number of amides is 1. The summed E-state index contributed by atoms with van der Waals surface area (Å²) in [6.07, 6.45) is 6.39. The van der Waals surface area contributed by atoms with Crippen molar-refractivity contribution >= 4 is 39.8 Å². The number of benzene rings is 1. The number of fused-ring (bicyclic) bond motifs is 2. The van der Waals surface area contributed by atoms with E-state index in [-0.39, 0.29) is 5.91 Å². The number of carbonyl (C=O) groups is 1. The Balaban J connectivity index is 1.74. The predicted octanol–water partition coefficient (Wildman–Crippen LogP) is 5.02. The van der Waals surface area contributed by atoms with Crippen molar-refractivity contribution in [3.05, 3.63) is 63.5 Å². The lowest BCUT2D eigenvalue weighted by Gasteiger charge is -2.33. The number of pyridine rings is 1. The Morgan fingerprint density at radius 2 is 1.96 bits per heavy atom. The van der Waals surface area contributed by atoms with E-state index in [1.54, 1.807) is 11.3 Å².